The summed E-state index contributed by atoms with van der Waals surface area (Å²) < 4.78 is 0. The summed E-state index contributed by atoms with van der Waals surface area (Å²) in [4.78, 5) is 28.3. The van der Waals surface area contributed by atoms with Gasteiger partial charge in [-0.15, -0.1) is 0 Å². The lowest BCUT2D eigenvalue weighted by atomic mass is 10.0. The Balaban J connectivity index is 1.67. The molecular weight excluding hydrogens is 446 g/mol. The van der Waals surface area contributed by atoms with Gasteiger partial charge in [-0.3, -0.25) is 9.59 Å². The largest absolute Gasteiger partial charge is 0.376 e. The van der Waals surface area contributed by atoms with E-state index in [2.05, 4.69) is 11.8 Å². The van der Waals surface area contributed by atoms with E-state index in [4.69, 9.17) is 0 Å². The van der Waals surface area contributed by atoms with E-state index in [1.54, 1.807) is 48.5 Å². The molecule has 0 saturated carbocycles. The monoisotopic (exact) mass is 473 g/mol. The molecule has 0 radical (unpaired) electrons. The Hall–Kier alpha value is -4.46. The van der Waals surface area contributed by atoms with Crippen LogP contribution in [0.25, 0.3) is 0 Å². The van der Waals surface area contributed by atoms with E-state index in [-0.39, 0.29) is 18.2 Å². The van der Waals surface area contributed by atoms with Crippen molar-refractivity contribution in [1.29, 1.82) is 0 Å². The highest BCUT2D eigenvalue weighted by molar-refractivity contribution is 6.12. The number of aryl methyl sites for hydroxylation is 2. The molecule has 0 aliphatic rings. The average Bonchev–Trinajstić information content (AvgIpc) is 2.91. The lowest BCUT2D eigenvalue weighted by molar-refractivity contribution is 0.0936. The second kappa shape index (κ2) is 11.3. The zero-order valence-corrected chi connectivity index (χ0v) is 20.3. The Labute approximate surface area is 211 Å². The van der Waals surface area contributed by atoms with Gasteiger partial charge in [0, 0.05) is 16.8 Å². The predicted molar refractivity (Wildman–Crippen MR) is 143 cm³/mol. The maximum atomic E-state index is 13.8. The number of rotatable bonds is 6. The van der Waals surface area contributed by atoms with Crippen molar-refractivity contribution in [2.75, 3.05) is 11.4 Å². The number of carbonyl (C=O) groups excluding carboxylic acids is 2. The van der Waals surface area contributed by atoms with Crippen LogP contribution in [-0.4, -0.2) is 23.3 Å². The Morgan fingerprint density at radius 2 is 1.36 bits per heavy atom. The molecule has 4 aromatic carbocycles. The van der Waals surface area contributed by atoms with Crippen LogP contribution in [0.5, 0.6) is 0 Å². The van der Waals surface area contributed by atoms with Crippen LogP contribution in [-0.2, 0) is 0 Å². The van der Waals surface area contributed by atoms with E-state index in [0.717, 1.165) is 11.1 Å². The van der Waals surface area contributed by atoms with Gasteiger partial charge >= 0.3 is 0 Å². The van der Waals surface area contributed by atoms with E-state index >= 15 is 0 Å². The first-order valence-electron chi connectivity index (χ1n) is 11.7. The summed E-state index contributed by atoms with van der Waals surface area (Å²) in [6.45, 7) is 3.83. The Morgan fingerprint density at radius 1 is 0.778 bits per heavy atom. The molecule has 0 heterocycles. The zero-order valence-electron chi connectivity index (χ0n) is 20.3. The molecule has 0 aliphatic carbocycles. The van der Waals surface area contributed by atoms with Gasteiger partial charge in [0.2, 0.25) is 0 Å². The highest BCUT2D eigenvalue weighted by Crippen LogP contribution is 2.21. The van der Waals surface area contributed by atoms with Gasteiger partial charge in [0.05, 0.1) is 12.1 Å². The lowest BCUT2D eigenvalue weighted by Crippen LogP contribution is -2.36. The number of anilines is 1. The second-order valence-electron chi connectivity index (χ2n) is 8.64. The number of carbonyl (C=O) groups is 2. The highest BCUT2D eigenvalue weighted by Gasteiger charge is 2.23. The fourth-order valence-corrected chi connectivity index (χ4v) is 3.77. The van der Waals surface area contributed by atoms with Gasteiger partial charge < -0.3 is 10.0 Å². The number of ketones is 1. The Kier molecular flexibility index (Phi) is 7.75. The molecule has 4 aromatic rings. The van der Waals surface area contributed by atoms with Crippen molar-refractivity contribution >= 4 is 17.4 Å². The standard InChI is InChI=1S/C32H27NO3/c1-23-12-16-27(17-13-23)30(34)21-18-25-8-6-7-11-29(25)32(36)33(28-19-14-24(2)15-20-28)22-31(35)26-9-4-3-5-10-26/h3-17,19-20,30,34H,22H2,1-2H3. The third kappa shape index (κ3) is 5.96. The van der Waals surface area contributed by atoms with Crippen LogP contribution < -0.4 is 4.90 Å². The topological polar surface area (TPSA) is 57.6 Å². The highest BCUT2D eigenvalue weighted by atomic mass is 16.3. The quantitative estimate of drug-likeness (QED) is 0.279. The molecule has 0 spiro atoms. The fourth-order valence-electron chi connectivity index (χ4n) is 3.77. The van der Waals surface area contributed by atoms with Crippen LogP contribution in [0, 0.1) is 25.7 Å². The van der Waals surface area contributed by atoms with Crippen molar-refractivity contribution in [3.05, 3.63) is 137 Å². The van der Waals surface area contributed by atoms with Gasteiger partial charge in [-0.2, -0.15) is 0 Å². The fraction of sp³-hybridized carbons (Fsp3) is 0.125. The van der Waals surface area contributed by atoms with Crippen molar-refractivity contribution in [3.8, 4) is 11.8 Å². The molecule has 0 saturated heterocycles. The molecular formula is C32H27NO3. The number of benzene rings is 4. The summed E-state index contributed by atoms with van der Waals surface area (Å²) in [5.41, 5.74) is 4.84. The van der Waals surface area contributed by atoms with Crippen LogP contribution in [0.1, 0.15) is 49.1 Å². The maximum absolute atomic E-state index is 13.8. The molecule has 1 unspecified atom stereocenters. The smallest absolute Gasteiger partial charge is 0.259 e. The van der Waals surface area contributed by atoms with E-state index < -0.39 is 6.10 Å². The van der Waals surface area contributed by atoms with Crippen molar-refractivity contribution in [2.24, 2.45) is 0 Å². The summed E-state index contributed by atoms with van der Waals surface area (Å²) >= 11 is 0. The molecule has 0 fully saturated rings. The Morgan fingerprint density at radius 3 is 2.03 bits per heavy atom. The Bertz CT molecular complexity index is 1410. The average molecular weight is 474 g/mol. The molecule has 0 aliphatic heterocycles. The van der Waals surface area contributed by atoms with Crippen LogP contribution >= 0.6 is 0 Å². The van der Waals surface area contributed by atoms with Crippen LogP contribution in [0.4, 0.5) is 5.69 Å². The molecule has 178 valence electrons. The van der Waals surface area contributed by atoms with Crippen molar-refractivity contribution in [3.63, 3.8) is 0 Å². The van der Waals surface area contributed by atoms with Gasteiger partial charge in [0.25, 0.3) is 5.91 Å². The third-order valence-electron chi connectivity index (χ3n) is 5.88. The second-order valence-corrected chi connectivity index (χ2v) is 8.64. The maximum Gasteiger partial charge on any atom is 0.259 e. The number of hydrogen-bond donors (Lipinski definition) is 1. The van der Waals surface area contributed by atoms with E-state index in [9.17, 15) is 14.7 Å². The number of amides is 1. The summed E-state index contributed by atoms with van der Waals surface area (Å²) in [6.07, 6.45) is -0.985. The molecule has 36 heavy (non-hydrogen) atoms. The summed E-state index contributed by atoms with van der Waals surface area (Å²) in [5.74, 6) is 5.33. The van der Waals surface area contributed by atoms with Crippen molar-refractivity contribution < 1.29 is 14.7 Å². The number of hydrogen-bond acceptors (Lipinski definition) is 3. The predicted octanol–water partition coefficient (Wildman–Crippen LogP) is 5.92. The minimum absolute atomic E-state index is 0.111. The summed E-state index contributed by atoms with van der Waals surface area (Å²) in [7, 11) is 0. The molecule has 1 amide bonds. The summed E-state index contributed by atoms with van der Waals surface area (Å²) in [5, 5.41) is 10.5. The first-order chi connectivity index (χ1) is 17.4. The van der Waals surface area contributed by atoms with Gasteiger partial charge in [0.1, 0.15) is 6.10 Å². The summed E-state index contributed by atoms with van der Waals surface area (Å²) in [6, 6.07) is 30.9. The van der Waals surface area contributed by atoms with Gasteiger partial charge in [-0.1, -0.05) is 102 Å². The van der Waals surface area contributed by atoms with Crippen LogP contribution in [0.15, 0.2) is 103 Å². The number of nitrogens with zero attached hydrogens (tertiary/aromatic N) is 1. The van der Waals surface area contributed by atoms with Crippen LogP contribution in [0.3, 0.4) is 0 Å². The molecule has 0 aromatic heterocycles. The normalized spacial score (nSPS) is 11.2. The van der Waals surface area contributed by atoms with Gasteiger partial charge in [-0.05, 0) is 43.7 Å². The van der Waals surface area contributed by atoms with E-state index in [0.29, 0.717) is 27.9 Å². The minimum atomic E-state index is -0.985. The molecule has 4 rings (SSSR count). The third-order valence-corrected chi connectivity index (χ3v) is 5.88. The SMILES string of the molecule is Cc1ccc(C(O)C#Cc2ccccc2C(=O)N(CC(=O)c2ccccc2)c2ccc(C)cc2)cc1. The zero-order chi connectivity index (χ0) is 25.5. The molecule has 4 heteroatoms. The molecule has 1 N–H and O–H groups in total. The van der Waals surface area contributed by atoms with Crippen LogP contribution in [0.2, 0.25) is 0 Å². The number of aliphatic hydroxyl groups excluding tert-OH is 1. The minimum Gasteiger partial charge on any atom is -0.376 e. The van der Waals surface area contributed by atoms with E-state index in [1.807, 2.05) is 68.4 Å². The lowest BCUT2D eigenvalue weighted by Gasteiger charge is -2.23. The number of aliphatic hydroxyl groups is 1. The van der Waals surface area contributed by atoms with Gasteiger partial charge in [0.15, 0.2) is 5.78 Å². The molecule has 1 atom stereocenters. The molecule has 0 bridgehead atoms. The van der Waals surface area contributed by atoms with Crippen molar-refractivity contribution in [1.82, 2.24) is 0 Å². The molecule has 4 nitrogen and oxygen atoms in total. The first-order valence-corrected chi connectivity index (χ1v) is 11.7. The first kappa shape index (κ1) is 24.7. The van der Waals surface area contributed by atoms with E-state index in [1.165, 1.54) is 4.90 Å². The number of Topliss-reactive ketones (excluding diaryl/α,β-unsaturated/α-hetero) is 1. The van der Waals surface area contributed by atoms with Gasteiger partial charge in [-0.25, -0.2) is 0 Å². The van der Waals surface area contributed by atoms with Crippen molar-refractivity contribution in [2.45, 2.75) is 20.0 Å².